The summed E-state index contributed by atoms with van der Waals surface area (Å²) < 4.78 is 26.5. The Balaban J connectivity index is 1.91. The fourth-order valence-corrected chi connectivity index (χ4v) is 5.55. The number of carbonyl (C=O) groups excluding carboxylic acids is 3. The molecule has 0 aromatic heterocycles. The number of halogens is 1. The predicted molar refractivity (Wildman–Crippen MR) is 129 cm³/mol. The van der Waals surface area contributed by atoms with Crippen LogP contribution in [0.4, 0.5) is 0 Å². The Bertz CT molecular complexity index is 1180. The van der Waals surface area contributed by atoms with Gasteiger partial charge in [-0.25, -0.2) is 12.7 Å². The number of hydrogen-bond donors (Lipinski definition) is 1. The summed E-state index contributed by atoms with van der Waals surface area (Å²) in [5, 5.41) is 3.25. The van der Waals surface area contributed by atoms with Gasteiger partial charge in [-0.15, -0.1) is 0 Å². The third kappa shape index (κ3) is 5.26. The number of nitrogens with one attached hydrogen (secondary N) is 1. The third-order valence-corrected chi connectivity index (χ3v) is 7.86. The van der Waals surface area contributed by atoms with E-state index in [9.17, 15) is 22.8 Å². The van der Waals surface area contributed by atoms with Gasteiger partial charge in [-0.1, -0.05) is 62.2 Å². The molecule has 182 valence electrons. The minimum atomic E-state index is -4.17. The Morgan fingerprint density at radius 2 is 1.76 bits per heavy atom. The van der Waals surface area contributed by atoms with Gasteiger partial charge >= 0.3 is 0 Å². The lowest BCUT2D eigenvalue weighted by molar-refractivity contribution is -0.141. The first-order valence-electron chi connectivity index (χ1n) is 11.2. The number of nitrogens with zero attached hydrogens (tertiary/aromatic N) is 2. The number of amides is 3. The number of carbonyl (C=O) groups is 3. The summed E-state index contributed by atoms with van der Waals surface area (Å²) in [4.78, 5) is 40.4. The van der Waals surface area contributed by atoms with Crippen LogP contribution in [0.25, 0.3) is 0 Å². The van der Waals surface area contributed by atoms with Crippen molar-refractivity contribution in [2.75, 3.05) is 13.1 Å². The van der Waals surface area contributed by atoms with E-state index in [1.54, 1.807) is 37.3 Å². The molecule has 1 aliphatic rings. The number of unbranched alkanes of at least 4 members (excludes halogenated alkanes) is 1. The minimum Gasteiger partial charge on any atom is -0.354 e. The van der Waals surface area contributed by atoms with Gasteiger partial charge in [0.1, 0.15) is 17.5 Å². The van der Waals surface area contributed by atoms with E-state index < -0.39 is 34.4 Å². The second-order valence-corrected chi connectivity index (χ2v) is 10.2. The molecule has 0 aliphatic carbocycles. The number of sulfonamides is 1. The van der Waals surface area contributed by atoms with E-state index in [0.29, 0.717) is 27.9 Å². The van der Waals surface area contributed by atoms with Gasteiger partial charge in [-0.3, -0.25) is 14.4 Å². The fourth-order valence-electron chi connectivity index (χ4n) is 3.84. The summed E-state index contributed by atoms with van der Waals surface area (Å²) in [6.07, 6.45) is 1.99. The van der Waals surface area contributed by atoms with Crippen molar-refractivity contribution in [1.29, 1.82) is 0 Å². The molecule has 3 amide bonds. The van der Waals surface area contributed by atoms with Crippen molar-refractivity contribution in [3.05, 3.63) is 64.7 Å². The van der Waals surface area contributed by atoms with Gasteiger partial charge in [-0.05, 0) is 36.6 Å². The lowest BCUT2D eigenvalue weighted by atomic mass is 10.1. The molecule has 2 aromatic carbocycles. The zero-order chi connectivity index (χ0) is 24.9. The molecule has 1 aliphatic heterocycles. The molecule has 0 radical (unpaired) electrons. The molecule has 1 N–H and O–H groups in total. The van der Waals surface area contributed by atoms with Crippen LogP contribution in [0.2, 0.25) is 5.02 Å². The van der Waals surface area contributed by atoms with Gasteiger partial charge in [0.2, 0.25) is 11.8 Å². The van der Waals surface area contributed by atoms with Gasteiger partial charge in [0.25, 0.3) is 15.9 Å². The van der Waals surface area contributed by atoms with Crippen LogP contribution in [-0.4, -0.2) is 54.5 Å². The normalized spacial score (nSPS) is 15.0. The molecule has 1 atom stereocenters. The lowest BCUT2D eigenvalue weighted by Gasteiger charge is -2.32. The quantitative estimate of drug-likeness (QED) is 0.499. The SMILES string of the molecule is CCCCNC(=O)[C@H](CC)N(Cc1ccccc1Cl)C(=O)CN1C(=O)c2ccccc2S1(=O)=O. The van der Waals surface area contributed by atoms with Crippen molar-refractivity contribution in [3.63, 3.8) is 0 Å². The molecule has 0 fully saturated rings. The van der Waals surface area contributed by atoms with Crippen molar-refractivity contribution in [2.24, 2.45) is 0 Å². The fraction of sp³-hybridized carbons (Fsp3) is 0.375. The Morgan fingerprint density at radius 3 is 2.41 bits per heavy atom. The van der Waals surface area contributed by atoms with Crippen LogP contribution in [-0.2, 0) is 26.2 Å². The van der Waals surface area contributed by atoms with Crippen molar-refractivity contribution >= 4 is 39.3 Å². The molecule has 34 heavy (non-hydrogen) atoms. The molecule has 10 heteroatoms. The molecule has 0 saturated heterocycles. The number of fused-ring (bicyclic) bond motifs is 1. The first-order valence-corrected chi connectivity index (χ1v) is 13.0. The van der Waals surface area contributed by atoms with E-state index in [2.05, 4.69) is 5.32 Å². The number of benzene rings is 2. The van der Waals surface area contributed by atoms with E-state index in [1.807, 2.05) is 6.92 Å². The molecule has 0 saturated carbocycles. The van der Waals surface area contributed by atoms with Crippen molar-refractivity contribution in [3.8, 4) is 0 Å². The highest BCUT2D eigenvalue weighted by atomic mass is 35.5. The monoisotopic (exact) mass is 505 g/mol. The van der Waals surface area contributed by atoms with Gasteiger partial charge < -0.3 is 10.2 Å². The Kier molecular flexibility index (Phi) is 8.33. The van der Waals surface area contributed by atoms with E-state index >= 15 is 0 Å². The first kappa shape index (κ1) is 25.7. The number of hydrogen-bond acceptors (Lipinski definition) is 5. The highest BCUT2D eigenvalue weighted by Crippen LogP contribution is 2.30. The molecular formula is C24H28ClN3O5S. The van der Waals surface area contributed by atoms with Crippen molar-refractivity contribution < 1.29 is 22.8 Å². The average Bonchev–Trinajstić information content (AvgIpc) is 3.01. The number of rotatable bonds is 10. The Hall–Kier alpha value is -2.91. The van der Waals surface area contributed by atoms with Crippen molar-refractivity contribution in [1.82, 2.24) is 14.5 Å². The van der Waals surface area contributed by atoms with Gasteiger partial charge in [-0.2, -0.15) is 0 Å². The van der Waals surface area contributed by atoms with Gasteiger partial charge in [0.15, 0.2) is 0 Å². The molecule has 2 aromatic rings. The first-order chi connectivity index (χ1) is 16.2. The minimum absolute atomic E-state index is 0.00671. The van der Waals surface area contributed by atoms with Crippen LogP contribution >= 0.6 is 11.6 Å². The molecule has 0 spiro atoms. The van der Waals surface area contributed by atoms with Crippen molar-refractivity contribution in [2.45, 2.75) is 50.6 Å². The lowest BCUT2D eigenvalue weighted by Crippen LogP contribution is -2.52. The molecule has 1 heterocycles. The maximum atomic E-state index is 13.5. The van der Waals surface area contributed by atoms with Crippen LogP contribution in [0.3, 0.4) is 0 Å². The highest BCUT2D eigenvalue weighted by Gasteiger charge is 2.43. The Morgan fingerprint density at radius 1 is 1.09 bits per heavy atom. The van der Waals surface area contributed by atoms with Crippen LogP contribution < -0.4 is 5.32 Å². The predicted octanol–water partition coefficient (Wildman–Crippen LogP) is 3.21. The average molecular weight is 506 g/mol. The van der Waals surface area contributed by atoms with Crippen LogP contribution in [0.15, 0.2) is 53.4 Å². The maximum absolute atomic E-state index is 13.5. The molecular weight excluding hydrogens is 478 g/mol. The zero-order valence-electron chi connectivity index (χ0n) is 19.2. The molecule has 8 nitrogen and oxygen atoms in total. The molecule has 0 unspecified atom stereocenters. The molecule has 3 rings (SSSR count). The van der Waals surface area contributed by atoms with Crippen LogP contribution in [0.5, 0.6) is 0 Å². The largest absolute Gasteiger partial charge is 0.354 e. The Labute approximate surface area is 204 Å². The van der Waals surface area contributed by atoms with E-state index in [0.717, 1.165) is 12.8 Å². The third-order valence-electron chi connectivity index (χ3n) is 5.70. The standard InChI is InChI=1S/C24H28ClN3O5S/c1-3-5-14-26-23(30)20(4-2)27(15-17-10-6-8-12-19(17)25)22(29)16-28-24(31)18-11-7-9-13-21(18)34(28,32)33/h6-13,20H,3-5,14-16H2,1-2H3,(H,26,30)/t20-/m0/s1. The summed E-state index contributed by atoms with van der Waals surface area (Å²) in [6.45, 7) is 3.52. The smallest absolute Gasteiger partial charge is 0.269 e. The summed E-state index contributed by atoms with van der Waals surface area (Å²) in [5.41, 5.74) is 0.633. The second kappa shape index (κ2) is 11.0. The summed E-state index contributed by atoms with van der Waals surface area (Å²) in [6, 6.07) is 11.9. The van der Waals surface area contributed by atoms with E-state index in [-0.39, 0.29) is 22.9 Å². The zero-order valence-corrected chi connectivity index (χ0v) is 20.7. The highest BCUT2D eigenvalue weighted by molar-refractivity contribution is 7.90. The summed E-state index contributed by atoms with van der Waals surface area (Å²) in [5.74, 6) is -1.76. The van der Waals surface area contributed by atoms with Crippen LogP contribution in [0.1, 0.15) is 49.0 Å². The second-order valence-electron chi connectivity index (χ2n) is 7.99. The summed E-state index contributed by atoms with van der Waals surface area (Å²) >= 11 is 6.30. The van der Waals surface area contributed by atoms with Crippen LogP contribution in [0, 0.1) is 0 Å². The maximum Gasteiger partial charge on any atom is 0.269 e. The summed E-state index contributed by atoms with van der Waals surface area (Å²) in [7, 11) is -4.17. The topological polar surface area (TPSA) is 104 Å². The van der Waals surface area contributed by atoms with Gasteiger partial charge in [0.05, 0.1) is 5.56 Å². The van der Waals surface area contributed by atoms with Gasteiger partial charge in [0, 0.05) is 18.1 Å². The molecule has 0 bridgehead atoms. The van der Waals surface area contributed by atoms with E-state index in [1.165, 1.54) is 23.1 Å². The van der Waals surface area contributed by atoms with E-state index in [4.69, 9.17) is 11.6 Å².